The minimum atomic E-state index is -3.75. The summed E-state index contributed by atoms with van der Waals surface area (Å²) >= 11 is 11.9. The normalized spacial score (nSPS) is 11.5. The number of nitrogen functional groups attached to an aromatic ring is 1. The first kappa shape index (κ1) is 15.1. The summed E-state index contributed by atoms with van der Waals surface area (Å²) in [5.41, 5.74) is 6.59. The van der Waals surface area contributed by atoms with Crippen LogP contribution in [-0.4, -0.2) is 8.42 Å². The molecule has 0 saturated heterocycles. The van der Waals surface area contributed by atoms with Gasteiger partial charge < -0.3 is 5.73 Å². The van der Waals surface area contributed by atoms with E-state index in [0.29, 0.717) is 16.3 Å². The summed E-state index contributed by atoms with van der Waals surface area (Å²) in [4.78, 5) is -0.0498. The van der Waals surface area contributed by atoms with Crippen LogP contribution in [0.25, 0.3) is 0 Å². The number of sulfonamides is 1. The van der Waals surface area contributed by atoms with E-state index in [1.54, 1.807) is 24.3 Å². The van der Waals surface area contributed by atoms with Crippen molar-refractivity contribution in [2.45, 2.75) is 11.4 Å². The van der Waals surface area contributed by atoms with E-state index in [9.17, 15) is 8.42 Å². The van der Waals surface area contributed by atoms with Gasteiger partial charge in [-0.2, -0.15) is 0 Å². The Hall–Kier alpha value is -1.27. The number of anilines is 1. The molecule has 20 heavy (non-hydrogen) atoms. The van der Waals surface area contributed by atoms with Crippen LogP contribution in [0, 0.1) is 0 Å². The van der Waals surface area contributed by atoms with E-state index >= 15 is 0 Å². The summed E-state index contributed by atoms with van der Waals surface area (Å²) in [5, 5.41) is 0.611. The molecule has 2 rings (SSSR count). The van der Waals surface area contributed by atoms with Crippen molar-refractivity contribution < 1.29 is 8.42 Å². The van der Waals surface area contributed by atoms with E-state index in [4.69, 9.17) is 28.9 Å². The maximum atomic E-state index is 12.2. The summed E-state index contributed by atoms with van der Waals surface area (Å²) in [6.45, 7) is 0.0765. The van der Waals surface area contributed by atoms with Gasteiger partial charge in [-0.05, 0) is 29.8 Å². The van der Waals surface area contributed by atoms with Gasteiger partial charge in [-0.1, -0.05) is 41.4 Å². The summed E-state index contributed by atoms with van der Waals surface area (Å²) in [6.07, 6.45) is 0. The highest BCUT2D eigenvalue weighted by atomic mass is 35.5. The second-order valence-electron chi connectivity index (χ2n) is 4.11. The summed E-state index contributed by atoms with van der Waals surface area (Å²) in [6, 6.07) is 11.3. The van der Waals surface area contributed by atoms with Crippen molar-refractivity contribution in [3.63, 3.8) is 0 Å². The molecule has 0 saturated carbocycles. The van der Waals surface area contributed by atoms with E-state index < -0.39 is 10.0 Å². The Balaban J connectivity index is 2.24. The highest BCUT2D eigenvalue weighted by Crippen LogP contribution is 2.24. The summed E-state index contributed by atoms with van der Waals surface area (Å²) < 4.78 is 26.8. The molecule has 0 amide bonds. The zero-order valence-electron chi connectivity index (χ0n) is 10.3. The van der Waals surface area contributed by atoms with Gasteiger partial charge in [-0.3, -0.25) is 0 Å². The smallest absolute Gasteiger partial charge is 0.242 e. The minimum Gasteiger partial charge on any atom is -0.399 e. The number of nitrogens with two attached hydrogens (primary N) is 1. The van der Waals surface area contributed by atoms with Crippen LogP contribution in [0.5, 0.6) is 0 Å². The number of nitrogens with one attached hydrogen (secondary N) is 1. The molecule has 0 radical (unpaired) electrons. The van der Waals surface area contributed by atoms with Crippen molar-refractivity contribution in [1.82, 2.24) is 4.72 Å². The van der Waals surface area contributed by atoms with Crippen LogP contribution in [-0.2, 0) is 16.6 Å². The monoisotopic (exact) mass is 330 g/mol. The Kier molecular flexibility index (Phi) is 4.55. The molecule has 0 unspecified atom stereocenters. The molecule has 0 aromatic heterocycles. The second-order valence-corrected chi connectivity index (χ2v) is 6.66. The number of hydrogen-bond acceptors (Lipinski definition) is 3. The maximum Gasteiger partial charge on any atom is 0.242 e. The van der Waals surface area contributed by atoms with Crippen LogP contribution in [0.4, 0.5) is 5.69 Å². The molecule has 0 aliphatic rings. The Morgan fingerprint density at radius 1 is 1.05 bits per heavy atom. The lowest BCUT2D eigenvalue weighted by Crippen LogP contribution is -2.23. The summed E-state index contributed by atoms with van der Waals surface area (Å²) in [7, 11) is -3.75. The van der Waals surface area contributed by atoms with Gasteiger partial charge in [0.15, 0.2) is 0 Å². The van der Waals surface area contributed by atoms with Crippen LogP contribution in [0.15, 0.2) is 47.4 Å². The van der Waals surface area contributed by atoms with Gasteiger partial charge in [0.25, 0.3) is 0 Å². The lowest BCUT2D eigenvalue weighted by atomic mass is 10.2. The number of halogens is 2. The van der Waals surface area contributed by atoms with Crippen molar-refractivity contribution in [2.24, 2.45) is 0 Å². The zero-order chi connectivity index (χ0) is 14.8. The summed E-state index contributed by atoms with van der Waals surface area (Å²) in [5.74, 6) is 0. The molecule has 0 aliphatic heterocycles. The van der Waals surface area contributed by atoms with Gasteiger partial charge in [0.2, 0.25) is 10.0 Å². The third kappa shape index (κ3) is 3.43. The zero-order valence-corrected chi connectivity index (χ0v) is 12.6. The van der Waals surface area contributed by atoms with Crippen molar-refractivity contribution >= 4 is 38.9 Å². The largest absolute Gasteiger partial charge is 0.399 e. The Morgan fingerprint density at radius 3 is 2.45 bits per heavy atom. The molecule has 0 atom stereocenters. The molecule has 0 aliphatic carbocycles. The van der Waals surface area contributed by atoms with Gasteiger partial charge >= 0.3 is 0 Å². The number of benzene rings is 2. The van der Waals surface area contributed by atoms with Crippen molar-refractivity contribution in [1.29, 1.82) is 0 Å². The molecule has 0 bridgehead atoms. The topological polar surface area (TPSA) is 72.2 Å². The van der Waals surface area contributed by atoms with E-state index in [-0.39, 0.29) is 16.5 Å². The van der Waals surface area contributed by atoms with Gasteiger partial charge in [-0.25, -0.2) is 13.1 Å². The minimum absolute atomic E-state index is 0.0498. The molecule has 0 heterocycles. The predicted octanol–water partition coefficient (Wildman–Crippen LogP) is 3.05. The molecular weight excluding hydrogens is 319 g/mol. The fraction of sp³-hybridized carbons (Fsp3) is 0.0769. The first-order chi connectivity index (χ1) is 9.40. The lowest BCUT2D eigenvalue weighted by Gasteiger charge is -2.10. The van der Waals surface area contributed by atoms with Crippen molar-refractivity contribution in [3.05, 3.63) is 58.1 Å². The van der Waals surface area contributed by atoms with Gasteiger partial charge in [-0.15, -0.1) is 0 Å². The maximum absolute atomic E-state index is 12.2. The molecule has 2 aromatic rings. The molecule has 0 fully saturated rings. The molecule has 2 aromatic carbocycles. The van der Waals surface area contributed by atoms with Gasteiger partial charge in [0.05, 0.1) is 5.02 Å². The quantitative estimate of drug-likeness (QED) is 0.846. The fourth-order valence-electron chi connectivity index (χ4n) is 1.62. The van der Waals surface area contributed by atoms with E-state index in [1.807, 2.05) is 0 Å². The molecule has 0 spiro atoms. The predicted molar refractivity (Wildman–Crippen MR) is 81.3 cm³/mol. The molecular formula is C13H12Cl2N2O2S. The average Bonchev–Trinajstić information content (AvgIpc) is 2.40. The van der Waals surface area contributed by atoms with E-state index in [0.717, 1.165) is 0 Å². The van der Waals surface area contributed by atoms with Gasteiger partial charge in [0, 0.05) is 17.3 Å². The van der Waals surface area contributed by atoms with Crippen molar-refractivity contribution in [2.75, 3.05) is 5.73 Å². The fourth-order valence-corrected chi connectivity index (χ4v) is 3.36. The first-order valence-electron chi connectivity index (χ1n) is 5.68. The standard InChI is InChI=1S/C13H12Cl2N2O2S/c14-11-4-2-1-3-9(11)8-17-20(18,19)13-7-10(16)5-6-12(13)15/h1-7,17H,8,16H2. The van der Waals surface area contributed by atoms with Crippen LogP contribution in [0.1, 0.15) is 5.56 Å². The van der Waals surface area contributed by atoms with Gasteiger partial charge in [0.1, 0.15) is 4.90 Å². The number of rotatable bonds is 4. The Labute approximate surface area is 127 Å². The highest BCUT2D eigenvalue weighted by molar-refractivity contribution is 7.89. The molecule has 7 heteroatoms. The molecule has 3 N–H and O–H groups in total. The lowest BCUT2D eigenvalue weighted by molar-refractivity contribution is 0.581. The van der Waals surface area contributed by atoms with Crippen LogP contribution in [0.2, 0.25) is 10.0 Å². The SMILES string of the molecule is Nc1ccc(Cl)c(S(=O)(=O)NCc2ccccc2Cl)c1. The van der Waals surface area contributed by atoms with Crippen molar-refractivity contribution in [3.8, 4) is 0 Å². The molecule has 106 valence electrons. The van der Waals surface area contributed by atoms with E-state index in [2.05, 4.69) is 4.72 Å². The van der Waals surface area contributed by atoms with E-state index in [1.165, 1.54) is 18.2 Å². The van der Waals surface area contributed by atoms with Crippen LogP contribution in [0.3, 0.4) is 0 Å². The molecule has 4 nitrogen and oxygen atoms in total. The van der Waals surface area contributed by atoms with Crippen LogP contribution >= 0.6 is 23.2 Å². The van der Waals surface area contributed by atoms with Crippen LogP contribution < -0.4 is 10.5 Å². The first-order valence-corrected chi connectivity index (χ1v) is 7.92. The third-order valence-electron chi connectivity index (χ3n) is 2.66. The highest BCUT2D eigenvalue weighted by Gasteiger charge is 2.18. The third-order valence-corrected chi connectivity index (χ3v) is 4.91. The Morgan fingerprint density at radius 2 is 1.75 bits per heavy atom. The average molecular weight is 331 g/mol. The Bertz CT molecular complexity index is 733. The second kappa shape index (κ2) is 6.01. The number of hydrogen-bond donors (Lipinski definition) is 2.